The molecule has 2 aromatic rings. The molecule has 18 heavy (non-hydrogen) atoms. The van der Waals surface area contributed by atoms with Crippen molar-refractivity contribution in [2.24, 2.45) is 0 Å². The Hall–Kier alpha value is -1.94. The molecule has 0 saturated carbocycles. The van der Waals surface area contributed by atoms with Gasteiger partial charge >= 0.3 is 5.97 Å². The minimum absolute atomic E-state index is 0.229. The first-order chi connectivity index (χ1) is 8.58. The highest BCUT2D eigenvalue weighted by Gasteiger charge is 2.13. The lowest BCUT2D eigenvalue weighted by atomic mass is 10.00. The first-order valence-electron chi connectivity index (χ1n) is 5.18. The largest absolute Gasteiger partial charge is 0.481 e. The van der Waals surface area contributed by atoms with Gasteiger partial charge in [-0.25, -0.2) is 4.39 Å². The van der Waals surface area contributed by atoms with Crippen molar-refractivity contribution < 1.29 is 14.3 Å². The molecule has 0 aliphatic heterocycles. The van der Waals surface area contributed by atoms with Crippen LogP contribution >= 0.6 is 11.6 Å². The van der Waals surface area contributed by atoms with E-state index >= 15 is 0 Å². The van der Waals surface area contributed by atoms with Gasteiger partial charge in [-0.3, -0.25) is 9.78 Å². The summed E-state index contributed by atoms with van der Waals surface area (Å²) in [4.78, 5) is 14.7. The predicted octanol–water partition coefficient (Wildman–Crippen LogP) is 3.17. The van der Waals surface area contributed by atoms with Crippen LogP contribution in [0.1, 0.15) is 5.56 Å². The molecule has 1 aromatic carbocycles. The van der Waals surface area contributed by atoms with Crippen LogP contribution in [0.15, 0.2) is 36.7 Å². The Kier molecular flexibility index (Phi) is 3.58. The number of pyridine rings is 1. The lowest BCUT2D eigenvalue weighted by Crippen LogP contribution is -2.03. The van der Waals surface area contributed by atoms with E-state index in [1.807, 2.05) is 0 Å². The Labute approximate surface area is 108 Å². The third-order valence-electron chi connectivity index (χ3n) is 2.47. The van der Waals surface area contributed by atoms with Crippen molar-refractivity contribution in [3.63, 3.8) is 0 Å². The Morgan fingerprint density at radius 2 is 2.17 bits per heavy atom. The zero-order valence-electron chi connectivity index (χ0n) is 9.23. The maximum Gasteiger partial charge on any atom is 0.307 e. The number of hydrogen-bond donors (Lipinski definition) is 1. The van der Waals surface area contributed by atoms with Gasteiger partial charge < -0.3 is 5.11 Å². The lowest BCUT2D eigenvalue weighted by Gasteiger charge is -2.09. The van der Waals surface area contributed by atoms with Gasteiger partial charge in [0, 0.05) is 18.0 Å². The smallest absolute Gasteiger partial charge is 0.307 e. The van der Waals surface area contributed by atoms with Crippen LogP contribution in [0.5, 0.6) is 0 Å². The zero-order valence-corrected chi connectivity index (χ0v) is 9.99. The van der Waals surface area contributed by atoms with Crippen molar-refractivity contribution in [2.75, 3.05) is 0 Å². The van der Waals surface area contributed by atoms with E-state index in [1.165, 1.54) is 24.5 Å². The number of nitrogens with zero attached hydrogens (tertiary/aromatic N) is 1. The van der Waals surface area contributed by atoms with Gasteiger partial charge in [0.2, 0.25) is 0 Å². The molecule has 92 valence electrons. The first kappa shape index (κ1) is 12.5. The van der Waals surface area contributed by atoms with Gasteiger partial charge in [-0.2, -0.15) is 0 Å². The van der Waals surface area contributed by atoms with Crippen LogP contribution in [0.25, 0.3) is 11.1 Å². The second-order valence-electron chi connectivity index (χ2n) is 3.73. The van der Waals surface area contributed by atoms with Crippen LogP contribution in [-0.2, 0) is 11.2 Å². The fourth-order valence-electron chi connectivity index (χ4n) is 1.70. The molecule has 5 heteroatoms. The average molecular weight is 266 g/mol. The van der Waals surface area contributed by atoms with Gasteiger partial charge in [-0.05, 0) is 23.3 Å². The Balaban J connectivity index is 2.56. The SMILES string of the molecule is O=C(O)Cc1c(Cl)cncc1-c1cccc(F)c1. The van der Waals surface area contributed by atoms with E-state index in [9.17, 15) is 9.18 Å². The summed E-state index contributed by atoms with van der Waals surface area (Å²) in [7, 11) is 0. The molecule has 0 saturated heterocycles. The molecule has 1 heterocycles. The average Bonchev–Trinajstić information content (AvgIpc) is 2.31. The number of aromatic nitrogens is 1. The van der Waals surface area contributed by atoms with E-state index in [0.29, 0.717) is 16.7 Å². The molecule has 0 amide bonds. The predicted molar refractivity (Wildman–Crippen MR) is 66.0 cm³/mol. The standard InChI is InChI=1S/C13H9ClFNO2/c14-12-7-16-6-11(10(12)5-13(17)18)8-2-1-3-9(15)4-8/h1-4,6-7H,5H2,(H,17,18). The van der Waals surface area contributed by atoms with Crippen molar-refractivity contribution in [2.45, 2.75) is 6.42 Å². The first-order valence-corrected chi connectivity index (χ1v) is 5.56. The van der Waals surface area contributed by atoms with Crippen molar-refractivity contribution in [3.8, 4) is 11.1 Å². The quantitative estimate of drug-likeness (QED) is 0.927. The molecule has 0 spiro atoms. The minimum atomic E-state index is -0.999. The minimum Gasteiger partial charge on any atom is -0.481 e. The molecule has 0 aliphatic carbocycles. The highest BCUT2D eigenvalue weighted by Crippen LogP contribution is 2.28. The molecule has 0 aliphatic rings. The summed E-state index contributed by atoms with van der Waals surface area (Å²) in [6.07, 6.45) is 2.63. The van der Waals surface area contributed by atoms with Gasteiger partial charge in [-0.15, -0.1) is 0 Å². The summed E-state index contributed by atoms with van der Waals surface area (Å²) in [5.41, 5.74) is 1.52. The van der Waals surface area contributed by atoms with Crippen LogP contribution in [0.3, 0.4) is 0 Å². The zero-order chi connectivity index (χ0) is 13.1. The van der Waals surface area contributed by atoms with E-state index in [2.05, 4.69) is 4.98 Å². The normalized spacial score (nSPS) is 10.3. The number of hydrogen-bond acceptors (Lipinski definition) is 2. The van der Waals surface area contributed by atoms with Gasteiger partial charge in [0.1, 0.15) is 5.82 Å². The summed E-state index contributed by atoms with van der Waals surface area (Å²) < 4.78 is 13.2. The summed E-state index contributed by atoms with van der Waals surface area (Å²) in [6, 6.07) is 5.87. The van der Waals surface area contributed by atoms with Gasteiger partial charge in [-0.1, -0.05) is 23.7 Å². The van der Waals surface area contributed by atoms with Gasteiger partial charge in [0.15, 0.2) is 0 Å². The Bertz CT molecular complexity index is 601. The molecular weight excluding hydrogens is 257 g/mol. The van der Waals surface area contributed by atoms with Crippen molar-refractivity contribution in [3.05, 3.63) is 53.1 Å². The topological polar surface area (TPSA) is 50.2 Å². The number of halogens is 2. The van der Waals surface area contributed by atoms with Crippen LogP contribution < -0.4 is 0 Å². The molecular formula is C13H9ClFNO2. The van der Waals surface area contributed by atoms with Crippen LogP contribution in [0, 0.1) is 5.82 Å². The number of carboxylic acid groups (broad SMARTS) is 1. The second-order valence-corrected chi connectivity index (χ2v) is 4.14. The van der Waals surface area contributed by atoms with Gasteiger partial charge in [0.25, 0.3) is 0 Å². The maximum atomic E-state index is 13.2. The third-order valence-corrected chi connectivity index (χ3v) is 2.79. The van der Waals surface area contributed by atoms with Crippen LogP contribution in [-0.4, -0.2) is 16.1 Å². The van der Waals surface area contributed by atoms with Gasteiger partial charge in [0.05, 0.1) is 11.4 Å². The molecule has 0 radical (unpaired) electrons. The van der Waals surface area contributed by atoms with E-state index in [4.69, 9.17) is 16.7 Å². The fourth-order valence-corrected chi connectivity index (χ4v) is 1.92. The fraction of sp³-hybridized carbons (Fsp3) is 0.0769. The summed E-state index contributed by atoms with van der Waals surface area (Å²) in [6.45, 7) is 0. The van der Waals surface area contributed by atoms with E-state index in [0.717, 1.165) is 0 Å². The van der Waals surface area contributed by atoms with Crippen LogP contribution in [0.4, 0.5) is 4.39 Å². The van der Waals surface area contributed by atoms with Crippen molar-refractivity contribution in [1.29, 1.82) is 0 Å². The Morgan fingerprint density at radius 1 is 1.39 bits per heavy atom. The summed E-state index contributed by atoms with van der Waals surface area (Å²) in [5, 5.41) is 9.13. The monoisotopic (exact) mass is 265 g/mol. The maximum absolute atomic E-state index is 13.2. The number of aliphatic carboxylic acids is 1. The number of carboxylic acids is 1. The molecule has 1 aromatic heterocycles. The highest BCUT2D eigenvalue weighted by molar-refractivity contribution is 6.31. The molecule has 0 bridgehead atoms. The van der Waals surface area contributed by atoms with Crippen LogP contribution in [0.2, 0.25) is 5.02 Å². The van der Waals surface area contributed by atoms with E-state index in [-0.39, 0.29) is 11.4 Å². The molecule has 0 atom stereocenters. The molecule has 0 fully saturated rings. The van der Waals surface area contributed by atoms with Crippen molar-refractivity contribution in [1.82, 2.24) is 4.98 Å². The lowest BCUT2D eigenvalue weighted by molar-refractivity contribution is -0.136. The summed E-state index contributed by atoms with van der Waals surface area (Å²) >= 11 is 5.94. The Morgan fingerprint density at radius 3 is 2.83 bits per heavy atom. The van der Waals surface area contributed by atoms with E-state index in [1.54, 1.807) is 12.1 Å². The number of rotatable bonds is 3. The third kappa shape index (κ3) is 2.65. The number of benzene rings is 1. The van der Waals surface area contributed by atoms with E-state index < -0.39 is 11.8 Å². The molecule has 2 rings (SSSR count). The second kappa shape index (κ2) is 5.14. The van der Waals surface area contributed by atoms with Crippen molar-refractivity contribution >= 4 is 17.6 Å². The highest BCUT2D eigenvalue weighted by atomic mass is 35.5. The molecule has 3 nitrogen and oxygen atoms in total. The number of carbonyl (C=O) groups is 1. The molecule has 0 unspecified atom stereocenters. The summed E-state index contributed by atoms with van der Waals surface area (Å²) in [5.74, 6) is -1.39. The molecule has 1 N–H and O–H groups in total.